The molecule has 0 aliphatic heterocycles. The lowest BCUT2D eigenvalue weighted by molar-refractivity contribution is -0.141. The minimum Gasteiger partial charge on any atom is -0.480 e. The van der Waals surface area contributed by atoms with Crippen LogP contribution in [-0.4, -0.2) is 25.2 Å². The molecule has 2 aromatic carbocycles. The molecule has 2 unspecified atom stereocenters. The molecule has 0 aliphatic carbocycles. The van der Waals surface area contributed by atoms with E-state index in [1.165, 1.54) is 0 Å². The number of aryl methyl sites for hydroxylation is 2. The third kappa shape index (κ3) is 3.77. The molecule has 0 fully saturated rings. The second-order valence-corrected chi connectivity index (χ2v) is 8.77. The molecule has 2 atom stereocenters. The number of benzene rings is 2. The molecule has 0 amide bonds. The largest absolute Gasteiger partial charge is 0.480 e. The van der Waals surface area contributed by atoms with Crippen LogP contribution in [0.2, 0.25) is 0 Å². The van der Waals surface area contributed by atoms with Crippen molar-refractivity contribution in [3.05, 3.63) is 80.1 Å². The molecular weight excluding hydrogens is 418 g/mol. The Morgan fingerprint density at radius 2 is 1.85 bits per heavy atom. The number of hydrogen-bond donors (Lipinski definition) is 2. The van der Waals surface area contributed by atoms with Gasteiger partial charge >= 0.3 is 11.7 Å². The summed E-state index contributed by atoms with van der Waals surface area (Å²) < 4.78 is 2.49. The van der Waals surface area contributed by atoms with Gasteiger partial charge in [-0.25, -0.2) is 14.2 Å². The summed E-state index contributed by atoms with van der Waals surface area (Å²) in [5.74, 6) is -1.17. The molecule has 7 nitrogen and oxygen atoms in total. The van der Waals surface area contributed by atoms with Crippen LogP contribution in [0.15, 0.2) is 52.2 Å². The molecule has 2 heterocycles. The zero-order valence-corrected chi connectivity index (χ0v) is 19.4. The smallest absolute Gasteiger partial charge is 0.332 e. The van der Waals surface area contributed by atoms with E-state index in [1.807, 2.05) is 33.9 Å². The van der Waals surface area contributed by atoms with Gasteiger partial charge in [0.25, 0.3) is 5.56 Å². The SMILES string of the molecule is CCCCC(C(=O)O)n1c(=O)c2ccccc2n(C(C)c2c[nH]c3cc(C)cc(C)c23)c1=O. The topological polar surface area (TPSA) is 97.1 Å². The summed E-state index contributed by atoms with van der Waals surface area (Å²) in [6, 6.07) is 9.43. The van der Waals surface area contributed by atoms with Crippen LogP contribution >= 0.6 is 0 Å². The molecule has 0 spiro atoms. The minimum atomic E-state index is -1.21. The number of carbonyl (C=O) groups is 1. The maximum Gasteiger partial charge on any atom is 0.332 e. The zero-order valence-electron chi connectivity index (χ0n) is 19.4. The lowest BCUT2D eigenvalue weighted by Crippen LogP contribution is -2.45. The van der Waals surface area contributed by atoms with Crippen molar-refractivity contribution >= 4 is 27.8 Å². The second-order valence-electron chi connectivity index (χ2n) is 8.77. The van der Waals surface area contributed by atoms with E-state index in [0.29, 0.717) is 17.3 Å². The molecule has 0 saturated carbocycles. The summed E-state index contributed by atoms with van der Waals surface area (Å²) >= 11 is 0. The van der Waals surface area contributed by atoms with Gasteiger partial charge in [0.1, 0.15) is 6.04 Å². The van der Waals surface area contributed by atoms with Gasteiger partial charge in [0.05, 0.1) is 16.9 Å². The van der Waals surface area contributed by atoms with Crippen molar-refractivity contribution in [2.24, 2.45) is 0 Å². The predicted octanol–water partition coefficient (Wildman–Crippen LogP) is 4.69. The summed E-state index contributed by atoms with van der Waals surface area (Å²) in [4.78, 5) is 42.5. The summed E-state index contributed by atoms with van der Waals surface area (Å²) in [6.45, 7) is 7.93. The summed E-state index contributed by atoms with van der Waals surface area (Å²) in [6.07, 6.45) is 3.49. The van der Waals surface area contributed by atoms with Gasteiger partial charge in [-0.05, 0) is 56.5 Å². The van der Waals surface area contributed by atoms with Crippen molar-refractivity contribution < 1.29 is 9.90 Å². The van der Waals surface area contributed by atoms with Crippen molar-refractivity contribution in [3.8, 4) is 0 Å². The summed E-state index contributed by atoms with van der Waals surface area (Å²) in [7, 11) is 0. The minimum absolute atomic E-state index is 0.221. The van der Waals surface area contributed by atoms with Crippen LogP contribution in [0.3, 0.4) is 0 Å². The fourth-order valence-corrected chi connectivity index (χ4v) is 4.87. The quantitative estimate of drug-likeness (QED) is 0.430. The summed E-state index contributed by atoms with van der Waals surface area (Å²) in [5, 5.41) is 11.2. The number of nitrogens with zero attached hydrogens (tertiary/aromatic N) is 2. The maximum absolute atomic E-state index is 13.8. The molecule has 2 aromatic heterocycles. The van der Waals surface area contributed by atoms with E-state index < -0.39 is 29.3 Å². The Hall–Kier alpha value is -3.61. The van der Waals surface area contributed by atoms with E-state index in [-0.39, 0.29) is 6.42 Å². The number of carboxylic acids is 1. The monoisotopic (exact) mass is 447 g/mol. The van der Waals surface area contributed by atoms with Crippen LogP contribution in [0, 0.1) is 13.8 Å². The normalized spacial score (nSPS) is 13.5. The van der Waals surface area contributed by atoms with Crippen LogP contribution in [0.4, 0.5) is 0 Å². The van der Waals surface area contributed by atoms with E-state index in [9.17, 15) is 19.5 Å². The Labute approximate surface area is 191 Å². The molecule has 0 saturated heterocycles. The molecule has 4 rings (SSSR count). The average Bonchev–Trinajstić information content (AvgIpc) is 3.20. The number of unbranched alkanes of at least 4 members (excludes halogenated alkanes) is 1. The Morgan fingerprint density at radius 3 is 2.55 bits per heavy atom. The number of para-hydroxylation sites is 1. The van der Waals surface area contributed by atoms with E-state index in [2.05, 4.69) is 17.1 Å². The first kappa shape index (κ1) is 22.6. The Balaban J connectivity index is 2.03. The predicted molar refractivity (Wildman–Crippen MR) is 130 cm³/mol. The Kier molecular flexibility index (Phi) is 5.97. The molecule has 0 bridgehead atoms. The van der Waals surface area contributed by atoms with Gasteiger partial charge in [-0.1, -0.05) is 38.0 Å². The number of fused-ring (bicyclic) bond motifs is 2. The van der Waals surface area contributed by atoms with Crippen molar-refractivity contribution in [2.45, 2.75) is 59.0 Å². The van der Waals surface area contributed by atoms with E-state index in [4.69, 9.17) is 0 Å². The fraction of sp³-hybridized carbons (Fsp3) is 0.346. The van der Waals surface area contributed by atoms with Crippen LogP contribution in [0.5, 0.6) is 0 Å². The van der Waals surface area contributed by atoms with Crippen LogP contribution in [0.25, 0.3) is 21.8 Å². The highest BCUT2D eigenvalue weighted by molar-refractivity contribution is 5.88. The highest BCUT2D eigenvalue weighted by Gasteiger charge is 2.27. The molecule has 7 heteroatoms. The lowest BCUT2D eigenvalue weighted by Gasteiger charge is -2.22. The van der Waals surface area contributed by atoms with E-state index >= 15 is 0 Å². The van der Waals surface area contributed by atoms with Crippen molar-refractivity contribution in [1.29, 1.82) is 0 Å². The van der Waals surface area contributed by atoms with E-state index in [0.717, 1.165) is 38.6 Å². The molecule has 33 heavy (non-hydrogen) atoms. The van der Waals surface area contributed by atoms with Crippen molar-refractivity contribution in [2.75, 3.05) is 0 Å². The van der Waals surface area contributed by atoms with Gasteiger partial charge < -0.3 is 10.1 Å². The van der Waals surface area contributed by atoms with Gasteiger partial charge in [0.15, 0.2) is 0 Å². The van der Waals surface area contributed by atoms with Crippen LogP contribution in [-0.2, 0) is 4.79 Å². The van der Waals surface area contributed by atoms with Crippen LogP contribution in [0.1, 0.15) is 61.9 Å². The average molecular weight is 448 g/mol. The number of carboxylic acid groups (broad SMARTS) is 1. The maximum atomic E-state index is 13.8. The van der Waals surface area contributed by atoms with Gasteiger partial charge in [-0.3, -0.25) is 9.36 Å². The number of aromatic amines is 1. The van der Waals surface area contributed by atoms with E-state index in [1.54, 1.807) is 28.8 Å². The standard InChI is InChI=1S/C26H29N3O4/c1-5-6-10-22(25(31)32)29-24(30)18-9-7-8-11-21(18)28(26(29)33)17(4)19-14-27-20-13-15(2)12-16(3)23(19)20/h7-9,11-14,17,22,27H,5-6,10H2,1-4H3,(H,31,32). The van der Waals surface area contributed by atoms with Crippen LogP contribution < -0.4 is 11.2 Å². The number of H-pyrrole nitrogens is 1. The van der Waals surface area contributed by atoms with Crippen molar-refractivity contribution in [3.63, 3.8) is 0 Å². The van der Waals surface area contributed by atoms with Gasteiger partial charge in [0.2, 0.25) is 0 Å². The first-order valence-electron chi connectivity index (χ1n) is 11.3. The van der Waals surface area contributed by atoms with Gasteiger partial charge in [-0.2, -0.15) is 0 Å². The number of nitrogens with one attached hydrogen (secondary N) is 1. The zero-order chi connectivity index (χ0) is 23.9. The third-order valence-electron chi connectivity index (χ3n) is 6.44. The van der Waals surface area contributed by atoms with Crippen molar-refractivity contribution in [1.82, 2.24) is 14.1 Å². The molecule has 172 valence electrons. The highest BCUT2D eigenvalue weighted by Crippen LogP contribution is 2.31. The number of rotatable bonds is 7. The molecule has 0 aliphatic rings. The van der Waals surface area contributed by atoms with Gasteiger partial charge in [-0.15, -0.1) is 0 Å². The second kappa shape index (κ2) is 8.73. The third-order valence-corrected chi connectivity index (χ3v) is 6.44. The first-order chi connectivity index (χ1) is 15.8. The lowest BCUT2D eigenvalue weighted by atomic mass is 10.0. The number of aliphatic carboxylic acids is 1. The fourth-order valence-electron chi connectivity index (χ4n) is 4.87. The van der Waals surface area contributed by atoms with Gasteiger partial charge in [0, 0.05) is 22.7 Å². The molecule has 0 radical (unpaired) electrons. The number of hydrogen-bond acceptors (Lipinski definition) is 3. The molecule has 4 aromatic rings. The number of aromatic nitrogens is 3. The highest BCUT2D eigenvalue weighted by atomic mass is 16.4. The molecular formula is C26H29N3O4. The first-order valence-corrected chi connectivity index (χ1v) is 11.3. The summed E-state index contributed by atoms with van der Waals surface area (Å²) in [5.41, 5.74) is 3.45. The Bertz CT molecular complexity index is 1470. The molecule has 2 N–H and O–H groups in total. The Morgan fingerprint density at radius 1 is 1.12 bits per heavy atom.